The third kappa shape index (κ3) is 4.55. The molecule has 140 valence electrons. The molecule has 3 aromatic rings. The van der Waals surface area contributed by atoms with Gasteiger partial charge in [0.15, 0.2) is 0 Å². The van der Waals surface area contributed by atoms with Crippen molar-refractivity contribution >= 4 is 17.5 Å². The zero-order valence-electron chi connectivity index (χ0n) is 14.8. The van der Waals surface area contributed by atoms with Gasteiger partial charge >= 0.3 is 11.8 Å². The maximum absolute atomic E-state index is 12.2. The van der Waals surface area contributed by atoms with Crippen LogP contribution in [0, 0.1) is 0 Å². The minimum atomic E-state index is -0.777. The van der Waals surface area contributed by atoms with Gasteiger partial charge in [0.05, 0.1) is 18.6 Å². The van der Waals surface area contributed by atoms with E-state index in [0.29, 0.717) is 23.8 Å². The molecule has 0 aliphatic heterocycles. The molecule has 1 unspecified atom stereocenters. The highest BCUT2D eigenvalue weighted by Gasteiger charge is 2.21. The highest BCUT2D eigenvalue weighted by Crippen LogP contribution is 2.23. The van der Waals surface area contributed by atoms with Crippen LogP contribution < -0.4 is 15.4 Å². The quantitative estimate of drug-likeness (QED) is 0.623. The lowest BCUT2D eigenvalue weighted by Crippen LogP contribution is -2.39. The number of furan rings is 1. The molecule has 0 aliphatic rings. The lowest BCUT2D eigenvalue weighted by Gasteiger charge is -2.16. The monoisotopic (exact) mass is 368 g/mol. The van der Waals surface area contributed by atoms with Crippen LogP contribution in [-0.4, -0.2) is 34.7 Å². The van der Waals surface area contributed by atoms with Gasteiger partial charge in [-0.15, -0.1) is 0 Å². The number of hydrogen-bond donors (Lipinski definition) is 2. The summed E-state index contributed by atoms with van der Waals surface area (Å²) < 4.78 is 12.5. The van der Waals surface area contributed by atoms with Crippen molar-refractivity contribution in [2.24, 2.45) is 0 Å². The Bertz CT molecular complexity index is 841. The smallest absolute Gasteiger partial charge is 0.313 e. The molecule has 0 fully saturated rings. The van der Waals surface area contributed by atoms with E-state index in [9.17, 15) is 9.59 Å². The molecule has 8 nitrogen and oxygen atoms in total. The van der Waals surface area contributed by atoms with Crippen LogP contribution >= 0.6 is 0 Å². The fourth-order valence-electron chi connectivity index (χ4n) is 2.57. The van der Waals surface area contributed by atoms with Gasteiger partial charge in [0.1, 0.15) is 17.6 Å². The molecule has 0 saturated heterocycles. The highest BCUT2D eigenvalue weighted by molar-refractivity contribution is 6.39. The first-order valence-corrected chi connectivity index (χ1v) is 8.52. The number of ether oxygens (including phenoxy) is 1. The summed E-state index contributed by atoms with van der Waals surface area (Å²) in [6.07, 6.45) is 4.94. The molecule has 0 aliphatic carbocycles. The number of rotatable bonds is 7. The molecule has 1 aromatic carbocycles. The van der Waals surface area contributed by atoms with Crippen molar-refractivity contribution in [3.63, 3.8) is 0 Å². The lowest BCUT2D eigenvalue weighted by molar-refractivity contribution is -0.136. The predicted octanol–water partition coefficient (Wildman–Crippen LogP) is 2.22. The van der Waals surface area contributed by atoms with Crippen molar-refractivity contribution in [2.75, 3.05) is 18.5 Å². The summed E-state index contributed by atoms with van der Waals surface area (Å²) in [6.45, 7) is 2.44. The van der Waals surface area contributed by atoms with Gasteiger partial charge in [-0.1, -0.05) is 12.1 Å². The number of benzene rings is 1. The summed E-state index contributed by atoms with van der Waals surface area (Å²) in [5.74, 6) is -0.405. The molecule has 3 rings (SSSR count). The molecule has 2 amide bonds. The van der Waals surface area contributed by atoms with Gasteiger partial charge in [-0.05, 0) is 37.3 Å². The summed E-state index contributed by atoms with van der Waals surface area (Å²) in [6, 6.07) is 11.9. The Morgan fingerprint density at radius 2 is 2.04 bits per heavy atom. The topological polar surface area (TPSA) is 98.4 Å². The molecule has 2 aromatic heterocycles. The van der Waals surface area contributed by atoms with Gasteiger partial charge in [-0.3, -0.25) is 14.3 Å². The Hall–Kier alpha value is -3.55. The van der Waals surface area contributed by atoms with Crippen molar-refractivity contribution in [2.45, 2.75) is 13.0 Å². The van der Waals surface area contributed by atoms with Crippen LogP contribution in [0.25, 0.3) is 0 Å². The molecule has 0 spiro atoms. The van der Waals surface area contributed by atoms with E-state index in [2.05, 4.69) is 15.7 Å². The zero-order chi connectivity index (χ0) is 19.1. The summed E-state index contributed by atoms with van der Waals surface area (Å²) in [4.78, 5) is 24.5. The van der Waals surface area contributed by atoms with E-state index < -0.39 is 11.8 Å². The van der Waals surface area contributed by atoms with Crippen molar-refractivity contribution in [3.05, 3.63) is 66.9 Å². The highest BCUT2D eigenvalue weighted by atomic mass is 16.5. The minimum absolute atomic E-state index is 0.147. The van der Waals surface area contributed by atoms with Crippen molar-refractivity contribution < 1.29 is 18.7 Å². The number of para-hydroxylation sites is 2. The summed E-state index contributed by atoms with van der Waals surface area (Å²) in [5, 5.41) is 9.37. The van der Waals surface area contributed by atoms with Crippen LogP contribution in [0.3, 0.4) is 0 Å². The van der Waals surface area contributed by atoms with E-state index in [-0.39, 0.29) is 12.6 Å². The number of anilines is 1. The average molecular weight is 368 g/mol. The molecular weight excluding hydrogens is 348 g/mol. The maximum Gasteiger partial charge on any atom is 0.313 e. The van der Waals surface area contributed by atoms with Crippen LogP contribution in [0.5, 0.6) is 5.75 Å². The van der Waals surface area contributed by atoms with Crippen molar-refractivity contribution in [1.29, 1.82) is 0 Å². The Morgan fingerprint density at radius 1 is 1.19 bits per heavy atom. The third-order valence-electron chi connectivity index (χ3n) is 3.81. The SMILES string of the molecule is CCOc1ccccc1NC(=O)C(=O)NCC(c1ccco1)n1cccn1. The molecule has 8 heteroatoms. The van der Waals surface area contributed by atoms with Crippen LogP contribution in [0.1, 0.15) is 18.7 Å². The van der Waals surface area contributed by atoms with E-state index in [1.165, 1.54) is 0 Å². The minimum Gasteiger partial charge on any atom is -0.492 e. The van der Waals surface area contributed by atoms with Gasteiger partial charge < -0.3 is 19.8 Å². The number of carbonyl (C=O) groups is 2. The Kier molecular flexibility index (Phi) is 5.88. The number of carbonyl (C=O) groups excluding carboxylic acids is 2. The first kappa shape index (κ1) is 18.2. The summed E-state index contributed by atoms with van der Waals surface area (Å²) in [7, 11) is 0. The van der Waals surface area contributed by atoms with E-state index in [4.69, 9.17) is 9.15 Å². The Balaban J connectivity index is 1.63. The Morgan fingerprint density at radius 3 is 2.74 bits per heavy atom. The van der Waals surface area contributed by atoms with Gasteiger partial charge in [0.25, 0.3) is 0 Å². The lowest BCUT2D eigenvalue weighted by atomic mass is 10.2. The molecule has 0 radical (unpaired) electrons. The molecule has 0 saturated carbocycles. The number of amides is 2. The second-order valence-corrected chi connectivity index (χ2v) is 5.61. The van der Waals surface area contributed by atoms with Gasteiger partial charge in [-0.25, -0.2) is 0 Å². The van der Waals surface area contributed by atoms with E-state index in [1.54, 1.807) is 65.8 Å². The Labute approximate surface area is 156 Å². The standard InChI is InChI=1S/C19H20N4O4/c1-2-26-16-8-4-3-7-14(16)22-19(25)18(24)20-13-15(17-9-5-12-27-17)23-11-6-10-21-23/h3-12,15H,2,13H2,1H3,(H,20,24)(H,22,25). The van der Waals surface area contributed by atoms with Crippen LogP contribution in [-0.2, 0) is 9.59 Å². The number of nitrogens with one attached hydrogen (secondary N) is 2. The second-order valence-electron chi connectivity index (χ2n) is 5.61. The van der Waals surface area contributed by atoms with Gasteiger partial charge in [0, 0.05) is 18.9 Å². The molecule has 27 heavy (non-hydrogen) atoms. The van der Waals surface area contributed by atoms with Crippen LogP contribution in [0.15, 0.2) is 65.5 Å². The van der Waals surface area contributed by atoms with Crippen LogP contribution in [0.2, 0.25) is 0 Å². The first-order valence-electron chi connectivity index (χ1n) is 8.52. The molecular formula is C19H20N4O4. The number of nitrogens with zero attached hydrogens (tertiary/aromatic N) is 2. The van der Waals surface area contributed by atoms with Crippen molar-refractivity contribution in [1.82, 2.24) is 15.1 Å². The van der Waals surface area contributed by atoms with E-state index in [0.717, 1.165) is 0 Å². The largest absolute Gasteiger partial charge is 0.492 e. The summed E-state index contributed by atoms with van der Waals surface area (Å²) >= 11 is 0. The third-order valence-corrected chi connectivity index (χ3v) is 3.81. The van der Waals surface area contributed by atoms with E-state index >= 15 is 0 Å². The second kappa shape index (κ2) is 8.70. The molecule has 0 bridgehead atoms. The van der Waals surface area contributed by atoms with Crippen molar-refractivity contribution in [3.8, 4) is 5.75 Å². The maximum atomic E-state index is 12.2. The molecule has 1 atom stereocenters. The van der Waals surface area contributed by atoms with E-state index in [1.807, 2.05) is 6.92 Å². The fraction of sp³-hybridized carbons (Fsp3) is 0.211. The zero-order valence-corrected chi connectivity index (χ0v) is 14.8. The van der Waals surface area contributed by atoms with Gasteiger partial charge in [0.2, 0.25) is 0 Å². The molecule has 2 N–H and O–H groups in total. The average Bonchev–Trinajstić information content (AvgIpc) is 3.38. The number of hydrogen-bond acceptors (Lipinski definition) is 5. The fourth-order valence-corrected chi connectivity index (χ4v) is 2.57. The normalized spacial score (nSPS) is 11.6. The predicted molar refractivity (Wildman–Crippen MR) is 98.3 cm³/mol. The first-order chi connectivity index (χ1) is 13.2. The number of aromatic nitrogens is 2. The van der Waals surface area contributed by atoms with Gasteiger partial charge in [-0.2, -0.15) is 5.10 Å². The van der Waals surface area contributed by atoms with Crippen LogP contribution in [0.4, 0.5) is 5.69 Å². The summed E-state index contributed by atoms with van der Waals surface area (Å²) in [5.41, 5.74) is 0.439. The molecule has 2 heterocycles.